The highest BCUT2D eigenvalue weighted by Gasteiger charge is 2.41. The maximum absolute atomic E-state index is 13.3. The number of para-hydroxylation sites is 1. The van der Waals surface area contributed by atoms with E-state index in [0.29, 0.717) is 6.54 Å². The Morgan fingerprint density at radius 1 is 1.16 bits per heavy atom. The lowest BCUT2D eigenvalue weighted by atomic mass is 10.1. The van der Waals surface area contributed by atoms with E-state index < -0.39 is 23.2 Å². The Bertz CT molecular complexity index is 1230. The number of nitrogens with zero attached hydrogens (tertiary/aromatic N) is 2. The van der Waals surface area contributed by atoms with E-state index in [1.54, 1.807) is 25.1 Å². The molecular formula is C24H21FN2O4S. The van der Waals surface area contributed by atoms with E-state index >= 15 is 0 Å². The number of rotatable bonds is 6. The largest absolute Gasteiger partial charge is 0.464 e. The zero-order valence-corrected chi connectivity index (χ0v) is 18.4. The fourth-order valence-electron chi connectivity index (χ4n) is 3.63. The van der Waals surface area contributed by atoms with E-state index in [1.807, 2.05) is 35.0 Å². The minimum Gasteiger partial charge on any atom is -0.464 e. The Kier molecular flexibility index (Phi) is 6.14. The van der Waals surface area contributed by atoms with Crippen molar-refractivity contribution in [2.24, 2.45) is 0 Å². The van der Waals surface area contributed by atoms with Gasteiger partial charge in [0.05, 0.1) is 11.5 Å². The molecule has 164 valence electrons. The molecule has 4 rings (SSSR count). The minimum absolute atomic E-state index is 0.169. The van der Waals surface area contributed by atoms with E-state index in [1.165, 1.54) is 19.1 Å². The van der Waals surface area contributed by atoms with E-state index in [-0.39, 0.29) is 17.3 Å². The van der Waals surface area contributed by atoms with E-state index in [4.69, 9.17) is 4.74 Å². The first-order valence-electron chi connectivity index (χ1n) is 10.1. The molecule has 3 aromatic rings. The molecule has 1 aliphatic heterocycles. The highest BCUT2D eigenvalue weighted by Crippen LogP contribution is 2.35. The van der Waals surface area contributed by atoms with Crippen LogP contribution in [-0.4, -0.2) is 39.2 Å². The summed E-state index contributed by atoms with van der Waals surface area (Å²) >= 11 is 0.804. The highest BCUT2D eigenvalue weighted by atomic mass is 32.2. The summed E-state index contributed by atoms with van der Waals surface area (Å²) in [6.07, 6.45) is 3.57. The van der Waals surface area contributed by atoms with E-state index in [2.05, 4.69) is 0 Å². The quantitative estimate of drug-likeness (QED) is 0.396. The van der Waals surface area contributed by atoms with Crippen molar-refractivity contribution in [1.29, 1.82) is 0 Å². The van der Waals surface area contributed by atoms with Crippen LogP contribution in [0.25, 0.3) is 17.0 Å². The van der Waals surface area contributed by atoms with Gasteiger partial charge in [0.25, 0.3) is 11.1 Å². The van der Waals surface area contributed by atoms with Gasteiger partial charge in [0.15, 0.2) is 0 Å². The summed E-state index contributed by atoms with van der Waals surface area (Å²) in [5, 5.41) is 0.414. The molecule has 0 aliphatic carbocycles. The molecule has 1 fully saturated rings. The van der Waals surface area contributed by atoms with Gasteiger partial charge in [0, 0.05) is 29.2 Å². The van der Waals surface area contributed by atoms with E-state index in [9.17, 15) is 18.8 Å². The lowest BCUT2D eigenvalue weighted by Gasteiger charge is -2.19. The maximum atomic E-state index is 13.3. The second-order valence-electron chi connectivity index (χ2n) is 7.34. The predicted molar refractivity (Wildman–Crippen MR) is 121 cm³/mol. The number of hydrogen-bond donors (Lipinski definition) is 0. The molecule has 2 amide bonds. The number of halogens is 1. The standard InChI is InChI=1S/C24H21FN2O4S/c1-3-31-23(29)15(2)27-22(28)21(32-24(27)30)12-17-14-26(20-7-5-4-6-19(17)20)13-16-8-10-18(25)11-9-16/h4-12,14-15H,3,13H2,1-2H3/b21-12+. The van der Waals surface area contributed by atoms with Gasteiger partial charge in [-0.3, -0.25) is 14.5 Å². The summed E-state index contributed by atoms with van der Waals surface area (Å²) in [4.78, 5) is 38.6. The molecule has 2 heterocycles. The van der Waals surface area contributed by atoms with Crippen molar-refractivity contribution in [3.05, 3.63) is 76.6 Å². The Balaban J connectivity index is 1.67. The molecule has 1 atom stereocenters. The van der Waals surface area contributed by atoms with Gasteiger partial charge in [0.1, 0.15) is 11.9 Å². The van der Waals surface area contributed by atoms with Gasteiger partial charge in [-0.15, -0.1) is 0 Å². The molecule has 32 heavy (non-hydrogen) atoms. The number of carbonyl (C=O) groups is 3. The van der Waals surface area contributed by atoms with Gasteiger partial charge in [-0.2, -0.15) is 0 Å². The Hall–Kier alpha value is -3.39. The summed E-state index contributed by atoms with van der Waals surface area (Å²) in [5.74, 6) is -1.43. The SMILES string of the molecule is CCOC(=O)C(C)N1C(=O)S/C(=C/c2cn(Cc3ccc(F)cc3)c3ccccc23)C1=O. The smallest absolute Gasteiger partial charge is 0.329 e. The van der Waals surface area contributed by atoms with Crippen LogP contribution in [0.2, 0.25) is 0 Å². The fourth-order valence-corrected chi connectivity index (χ4v) is 4.53. The zero-order chi connectivity index (χ0) is 22.8. The summed E-state index contributed by atoms with van der Waals surface area (Å²) in [6.45, 7) is 3.84. The average Bonchev–Trinajstić information content (AvgIpc) is 3.26. The first kappa shape index (κ1) is 21.8. The number of benzene rings is 2. The number of thioether (sulfide) groups is 1. The first-order chi connectivity index (χ1) is 15.4. The Morgan fingerprint density at radius 2 is 1.88 bits per heavy atom. The van der Waals surface area contributed by atoms with Crippen molar-refractivity contribution in [1.82, 2.24) is 9.47 Å². The minimum atomic E-state index is -0.992. The summed E-state index contributed by atoms with van der Waals surface area (Å²) in [6, 6.07) is 13.0. The third-order valence-corrected chi connectivity index (χ3v) is 6.09. The molecule has 1 aliphatic rings. The number of imide groups is 1. The summed E-state index contributed by atoms with van der Waals surface area (Å²) in [5.41, 5.74) is 2.65. The molecule has 0 spiro atoms. The molecule has 1 aromatic heterocycles. The molecule has 2 aromatic carbocycles. The van der Waals surface area contributed by atoms with Crippen molar-refractivity contribution in [2.75, 3.05) is 6.61 Å². The monoisotopic (exact) mass is 452 g/mol. The molecule has 1 saturated heterocycles. The molecular weight excluding hydrogens is 431 g/mol. The number of fused-ring (bicyclic) bond motifs is 1. The fraction of sp³-hybridized carbons (Fsp3) is 0.208. The Labute approximate surface area is 188 Å². The van der Waals surface area contributed by atoms with Crippen molar-refractivity contribution in [3.8, 4) is 0 Å². The van der Waals surface area contributed by atoms with Crippen LogP contribution in [0.4, 0.5) is 9.18 Å². The van der Waals surface area contributed by atoms with Crippen LogP contribution in [0.1, 0.15) is 25.0 Å². The molecule has 0 radical (unpaired) electrons. The normalized spacial score (nSPS) is 16.2. The van der Waals surface area contributed by atoms with Gasteiger partial charge in [0.2, 0.25) is 0 Å². The van der Waals surface area contributed by atoms with Crippen LogP contribution < -0.4 is 0 Å². The molecule has 0 bridgehead atoms. The molecule has 1 unspecified atom stereocenters. The zero-order valence-electron chi connectivity index (χ0n) is 17.6. The van der Waals surface area contributed by atoms with Gasteiger partial charge < -0.3 is 9.30 Å². The van der Waals surface area contributed by atoms with Crippen molar-refractivity contribution >= 4 is 45.9 Å². The predicted octanol–water partition coefficient (Wildman–Crippen LogP) is 4.82. The van der Waals surface area contributed by atoms with Crippen LogP contribution >= 0.6 is 11.8 Å². The summed E-state index contributed by atoms with van der Waals surface area (Å²) < 4.78 is 20.2. The number of ether oxygens (including phenoxy) is 1. The van der Waals surface area contributed by atoms with Gasteiger partial charge in [-0.05, 0) is 55.4 Å². The maximum Gasteiger partial charge on any atom is 0.329 e. The van der Waals surface area contributed by atoms with Crippen LogP contribution in [0.3, 0.4) is 0 Å². The molecule has 0 saturated carbocycles. The van der Waals surface area contributed by atoms with Gasteiger partial charge >= 0.3 is 5.97 Å². The Morgan fingerprint density at radius 3 is 2.59 bits per heavy atom. The van der Waals surface area contributed by atoms with Crippen LogP contribution in [-0.2, 0) is 20.9 Å². The lowest BCUT2D eigenvalue weighted by molar-refractivity contribution is -0.150. The third kappa shape index (κ3) is 4.18. The molecule has 8 heteroatoms. The van der Waals surface area contributed by atoms with E-state index in [0.717, 1.165) is 38.7 Å². The second-order valence-corrected chi connectivity index (χ2v) is 8.33. The van der Waals surface area contributed by atoms with Crippen molar-refractivity contribution in [3.63, 3.8) is 0 Å². The van der Waals surface area contributed by atoms with Crippen molar-refractivity contribution in [2.45, 2.75) is 26.4 Å². The third-order valence-electron chi connectivity index (χ3n) is 5.21. The number of amides is 2. The lowest BCUT2D eigenvalue weighted by Crippen LogP contribution is -2.42. The number of hydrogen-bond acceptors (Lipinski definition) is 5. The van der Waals surface area contributed by atoms with Crippen LogP contribution in [0, 0.1) is 5.82 Å². The van der Waals surface area contributed by atoms with Crippen molar-refractivity contribution < 1.29 is 23.5 Å². The number of esters is 1. The van der Waals surface area contributed by atoms with Crippen LogP contribution in [0.5, 0.6) is 0 Å². The molecule has 6 nitrogen and oxygen atoms in total. The van der Waals surface area contributed by atoms with Crippen LogP contribution in [0.15, 0.2) is 59.6 Å². The number of carbonyl (C=O) groups excluding carboxylic acids is 3. The van der Waals surface area contributed by atoms with Gasteiger partial charge in [-0.1, -0.05) is 30.3 Å². The summed E-state index contributed by atoms with van der Waals surface area (Å²) in [7, 11) is 0. The molecule has 0 N–H and O–H groups in total. The topological polar surface area (TPSA) is 68.6 Å². The highest BCUT2D eigenvalue weighted by molar-refractivity contribution is 8.18. The average molecular weight is 453 g/mol. The first-order valence-corrected chi connectivity index (χ1v) is 11.0. The second kappa shape index (κ2) is 9.00. The number of aromatic nitrogens is 1. The van der Waals surface area contributed by atoms with Gasteiger partial charge in [-0.25, -0.2) is 9.18 Å².